The Labute approximate surface area is 156 Å². The van der Waals surface area contributed by atoms with Gasteiger partial charge < -0.3 is 9.88 Å². The molecule has 2 aromatic heterocycles. The average Bonchev–Trinajstić information content (AvgIpc) is 3.06. The van der Waals surface area contributed by atoms with Crippen LogP contribution in [0.5, 0.6) is 0 Å². The lowest BCUT2D eigenvalue weighted by atomic mass is 10.2. The number of pyridine rings is 1. The standard InChI is InChI=1S/C20H17ClN4O/c1-14-12-16(21)5-6-18(14)25-11-8-15(13-22)19(25)20(26)24-10-7-17-4-2-3-9-23-17/h2-6,8-9,11-12H,7,10H2,1H3,(H,24,26). The van der Waals surface area contributed by atoms with Crippen molar-refractivity contribution in [2.24, 2.45) is 0 Å². The smallest absolute Gasteiger partial charge is 0.269 e. The quantitative estimate of drug-likeness (QED) is 0.750. The largest absolute Gasteiger partial charge is 0.350 e. The van der Waals surface area contributed by atoms with Gasteiger partial charge >= 0.3 is 0 Å². The maximum absolute atomic E-state index is 12.7. The molecule has 0 fully saturated rings. The van der Waals surface area contributed by atoms with E-state index in [1.54, 1.807) is 29.1 Å². The third kappa shape index (κ3) is 3.76. The molecular formula is C20H17ClN4O. The molecule has 0 atom stereocenters. The number of carbonyl (C=O) groups is 1. The van der Waals surface area contributed by atoms with Crippen molar-refractivity contribution in [3.8, 4) is 11.8 Å². The lowest BCUT2D eigenvalue weighted by Gasteiger charge is -2.13. The molecule has 0 unspecified atom stereocenters. The van der Waals surface area contributed by atoms with Crippen molar-refractivity contribution in [2.45, 2.75) is 13.3 Å². The molecular weight excluding hydrogens is 348 g/mol. The summed E-state index contributed by atoms with van der Waals surface area (Å²) in [6.07, 6.45) is 4.07. The van der Waals surface area contributed by atoms with Crippen LogP contribution in [-0.4, -0.2) is 22.0 Å². The first-order valence-corrected chi connectivity index (χ1v) is 8.54. The van der Waals surface area contributed by atoms with Crippen LogP contribution >= 0.6 is 11.6 Å². The number of nitrogens with one attached hydrogen (secondary N) is 1. The number of hydrogen-bond donors (Lipinski definition) is 1. The normalized spacial score (nSPS) is 10.3. The molecule has 1 N–H and O–H groups in total. The first-order valence-electron chi connectivity index (χ1n) is 8.16. The summed E-state index contributed by atoms with van der Waals surface area (Å²) in [7, 11) is 0. The van der Waals surface area contributed by atoms with E-state index in [0.29, 0.717) is 29.2 Å². The van der Waals surface area contributed by atoms with Crippen molar-refractivity contribution < 1.29 is 4.79 Å². The van der Waals surface area contributed by atoms with Gasteiger partial charge in [0.05, 0.1) is 5.56 Å². The fourth-order valence-corrected chi connectivity index (χ4v) is 3.00. The molecule has 2 heterocycles. The summed E-state index contributed by atoms with van der Waals surface area (Å²) >= 11 is 6.02. The summed E-state index contributed by atoms with van der Waals surface area (Å²) in [5.41, 5.74) is 3.27. The first kappa shape index (κ1) is 17.7. The topological polar surface area (TPSA) is 70.7 Å². The van der Waals surface area contributed by atoms with E-state index in [4.69, 9.17) is 11.6 Å². The minimum atomic E-state index is -0.295. The van der Waals surface area contributed by atoms with Gasteiger partial charge in [0.2, 0.25) is 0 Å². The van der Waals surface area contributed by atoms with Crippen molar-refractivity contribution in [2.75, 3.05) is 6.54 Å². The zero-order valence-corrected chi connectivity index (χ0v) is 15.0. The molecule has 5 nitrogen and oxygen atoms in total. The van der Waals surface area contributed by atoms with Crippen molar-refractivity contribution in [3.05, 3.63) is 82.4 Å². The summed E-state index contributed by atoms with van der Waals surface area (Å²) < 4.78 is 1.72. The highest BCUT2D eigenvalue weighted by molar-refractivity contribution is 6.30. The van der Waals surface area contributed by atoms with Crippen molar-refractivity contribution >= 4 is 17.5 Å². The summed E-state index contributed by atoms with van der Waals surface area (Å²) in [5.74, 6) is -0.295. The van der Waals surface area contributed by atoms with E-state index in [2.05, 4.69) is 16.4 Å². The Kier molecular flexibility index (Phi) is 5.35. The molecule has 6 heteroatoms. The van der Waals surface area contributed by atoms with Gasteiger partial charge in [-0.2, -0.15) is 5.26 Å². The number of carbonyl (C=O) groups excluding carboxylic acids is 1. The SMILES string of the molecule is Cc1cc(Cl)ccc1-n1ccc(C#N)c1C(=O)NCCc1ccccn1. The van der Waals surface area contributed by atoms with E-state index < -0.39 is 0 Å². The van der Waals surface area contributed by atoms with E-state index in [0.717, 1.165) is 16.9 Å². The average molecular weight is 365 g/mol. The van der Waals surface area contributed by atoms with Gasteiger partial charge in [0.25, 0.3) is 5.91 Å². The van der Waals surface area contributed by atoms with Gasteiger partial charge in [0.15, 0.2) is 0 Å². The van der Waals surface area contributed by atoms with Crippen LogP contribution in [0.2, 0.25) is 5.02 Å². The first-order chi connectivity index (χ1) is 12.6. The molecule has 1 amide bonds. The van der Waals surface area contributed by atoms with Crippen LogP contribution in [-0.2, 0) is 6.42 Å². The van der Waals surface area contributed by atoms with Crippen LogP contribution in [0.3, 0.4) is 0 Å². The van der Waals surface area contributed by atoms with E-state index in [9.17, 15) is 10.1 Å². The van der Waals surface area contributed by atoms with E-state index in [-0.39, 0.29) is 5.91 Å². The molecule has 0 aliphatic carbocycles. The van der Waals surface area contributed by atoms with Gasteiger partial charge in [-0.1, -0.05) is 17.7 Å². The number of nitriles is 1. The number of amides is 1. The highest BCUT2D eigenvalue weighted by Gasteiger charge is 2.19. The summed E-state index contributed by atoms with van der Waals surface area (Å²) in [6.45, 7) is 2.35. The van der Waals surface area contributed by atoms with E-state index in [1.807, 2.05) is 37.3 Å². The Morgan fingerprint density at radius 2 is 2.15 bits per heavy atom. The summed E-state index contributed by atoms with van der Waals surface area (Å²) in [4.78, 5) is 17.0. The van der Waals surface area contributed by atoms with Crippen LogP contribution in [0.1, 0.15) is 27.3 Å². The van der Waals surface area contributed by atoms with Gasteiger partial charge in [0.1, 0.15) is 11.8 Å². The zero-order chi connectivity index (χ0) is 18.5. The minimum Gasteiger partial charge on any atom is -0.350 e. The second-order valence-corrected chi connectivity index (χ2v) is 6.25. The van der Waals surface area contributed by atoms with E-state index in [1.165, 1.54) is 0 Å². The van der Waals surface area contributed by atoms with E-state index >= 15 is 0 Å². The number of benzene rings is 1. The van der Waals surface area contributed by atoms with Crippen molar-refractivity contribution in [1.29, 1.82) is 5.26 Å². The van der Waals surface area contributed by atoms with Crippen LogP contribution in [0.25, 0.3) is 5.69 Å². The van der Waals surface area contributed by atoms with Gasteiger partial charge in [0, 0.05) is 41.8 Å². The number of aromatic nitrogens is 2. The van der Waals surface area contributed by atoms with Crippen molar-refractivity contribution in [3.63, 3.8) is 0 Å². The number of halogens is 1. The molecule has 130 valence electrons. The molecule has 0 radical (unpaired) electrons. The molecule has 26 heavy (non-hydrogen) atoms. The van der Waals surface area contributed by atoms with Crippen LogP contribution < -0.4 is 5.32 Å². The van der Waals surface area contributed by atoms with Gasteiger partial charge in [-0.25, -0.2) is 0 Å². The predicted octanol–water partition coefficient (Wildman–Crippen LogP) is 3.68. The molecule has 0 saturated heterocycles. The van der Waals surface area contributed by atoms with Gasteiger partial charge in [-0.05, 0) is 48.9 Å². The Balaban J connectivity index is 1.83. The third-order valence-electron chi connectivity index (χ3n) is 4.03. The number of rotatable bonds is 5. The second kappa shape index (κ2) is 7.85. The Morgan fingerprint density at radius 1 is 1.31 bits per heavy atom. The predicted molar refractivity (Wildman–Crippen MR) is 101 cm³/mol. The summed E-state index contributed by atoms with van der Waals surface area (Å²) in [5, 5.41) is 12.9. The Morgan fingerprint density at radius 3 is 2.85 bits per heavy atom. The zero-order valence-electron chi connectivity index (χ0n) is 14.2. The lowest BCUT2D eigenvalue weighted by molar-refractivity contribution is 0.0947. The minimum absolute atomic E-state index is 0.295. The van der Waals surface area contributed by atoms with Crippen LogP contribution in [0.15, 0.2) is 54.9 Å². The van der Waals surface area contributed by atoms with Crippen molar-refractivity contribution in [1.82, 2.24) is 14.9 Å². The molecule has 0 saturated carbocycles. The second-order valence-electron chi connectivity index (χ2n) is 5.82. The third-order valence-corrected chi connectivity index (χ3v) is 4.27. The molecule has 0 bridgehead atoms. The van der Waals surface area contributed by atoms with Gasteiger partial charge in [-0.15, -0.1) is 0 Å². The Bertz CT molecular complexity index is 973. The molecule has 0 aliphatic heterocycles. The monoisotopic (exact) mass is 364 g/mol. The number of aryl methyl sites for hydroxylation is 1. The molecule has 3 aromatic rings. The fraction of sp³-hybridized carbons (Fsp3) is 0.150. The highest BCUT2D eigenvalue weighted by atomic mass is 35.5. The highest BCUT2D eigenvalue weighted by Crippen LogP contribution is 2.23. The Hall–Kier alpha value is -3.10. The molecule has 1 aromatic carbocycles. The molecule has 3 rings (SSSR count). The van der Waals surface area contributed by atoms with Crippen LogP contribution in [0.4, 0.5) is 0 Å². The molecule has 0 spiro atoms. The van der Waals surface area contributed by atoms with Crippen LogP contribution in [0, 0.1) is 18.3 Å². The van der Waals surface area contributed by atoms with Gasteiger partial charge in [-0.3, -0.25) is 9.78 Å². The molecule has 0 aliphatic rings. The number of nitrogens with zero attached hydrogens (tertiary/aromatic N) is 3. The maximum atomic E-state index is 12.7. The fourth-order valence-electron chi connectivity index (χ4n) is 2.78. The maximum Gasteiger partial charge on any atom is 0.269 e. The lowest BCUT2D eigenvalue weighted by Crippen LogP contribution is -2.28. The summed E-state index contributed by atoms with van der Waals surface area (Å²) in [6, 6.07) is 14.8. The number of hydrogen-bond acceptors (Lipinski definition) is 3.